The van der Waals surface area contributed by atoms with Crippen LogP contribution in [0.4, 0.5) is 11.4 Å². The Morgan fingerprint density at radius 3 is 2.00 bits per heavy atom. The molecule has 2 aromatic carbocycles. The average molecular weight is 377 g/mol. The van der Waals surface area contributed by atoms with Crippen molar-refractivity contribution in [1.29, 1.82) is 0 Å². The van der Waals surface area contributed by atoms with Gasteiger partial charge in [0.25, 0.3) is 0 Å². The van der Waals surface area contributed by atoms with Crippen molar-refractivity contribution in [3.8, 4) is 0 Å². The second-order valence-corrected chi connectivity index (χ2v) is 6.15. The van der Waals surface area contributed by atoms with E-state index in [1.807, 2.05) is 6.07 Å². The number of para-hydroxylation sites is 1. The van der Waals surface area contributed by atoms with E-state index >= 15 is 0 Å². The van der Waals surface area contributed by atoms with E-state index in [1.54, 1.807) is 0 Å². The number of rotatable bonds is 6. The molecule has 0 spiro atoms. The summed E-state index contributed by atoms with van der Waals surface area (Å²) in [5.74, 6) is 0. The highest BCUT2D eigenvalue weighted by Gasteiger charge is 2.14. The quantitative estimate of drug-likeness (QED) is 0.744. The summed E-state index contributed by atoms with van der Waals surface area (Å²) in [5.41, 5.74) is 6.94. The highest BCUT2D eigenvalue weighted by molar-refractivity contribution is 6.31. The number of nitrogens with one attached hydrogen (secondary N) is 1. The van der Waals surface area contributed by atoms with E-state index in [-0.39, 0.29) is 12.4 Å². The molecule has 0 radical (unpaired) electrons. The molecule has 0 aromatic heterocycles. The van der Waals surface area contributed by atoms with Gasteiger partial charge in [0.15, 0.2) is 5.69 Å². The van der Waals surface area contributed by atoms with Gasteiger partial charge in [-0.1, -0.05) is 63.6 Å². The maximum absolute atomic E-state index is 6.34. The zero-order chi connectivity index (χ0) is 17.5. The summed E-state index contributed by atoms with van der Waals surface area (Å²) in [7, 11) is 0. The summed E-state index contributed by atoms with van der Waals surface area (Å²) in [6, 6.07) is 13.5. The van der Waals surface area contributed by atoms with Gasteiger partial charge in [0.05, 0.1) is 0 Å². The van der Waals surface area contributed by atoms with E-state index < -0.39 is 0 Å². The Kier molecular flexibility index (Phi) is 8.92. The van der Waals surface area contributed by atoms with Crippen molar-refractivity contribution < 1.29 is 17.4 Å². The van der Waals surface area contributed by atoms with Gasteiger partial charge in [-0.3, -0.25) is 0 Å². The molecular formula is C21H26Cl2N2. The third-order valence-electron chi connectivity index (χ3n) is 4.39. The molecule has 0 heterocycles. The summed E-state index contributed by atoms with van der Waals surface area (Å²) < 4.78 is 0. The van der Waals surface area contributed by atoms with Crippen molar-refractivity contribution in [3.05, 3.63) is 57.6 Å². The standard InChI is InChI=1S/C21H25ClN2.ClH/c1-5-15-10-9-11-16(6-2)20(15)23-14-24-21-17(7-3)12-13-19(22)18(21)8-4;/h9-13H,5-8H2,1-4H3;1H. The lowest BCUT2D eigenvalue weighted by molar-refractivity contribution is -0.346. The largest absolute Gasteiger partial charge is 1.00 e. The number of aliphatic imine (C=N–C) groups is 1. The molecule has 134 valence electrons. The van der Waals surface area contributed by atoms with Gasteiger partial charge < -0.3 is 12.4 Å². The smallest absolute Gasteiger partial charge is 0.316 e. The minimum absolute atomic E-state index is 0. The normalized spacial score (nSPS) is 9.96. The SMILES string of the molecule is CCc1ccc(Cl)c(CC)c1N=C=[NH+]c1c(CC)cccc1CC.[Cl-]. The molecule has 0 amide bonds. The third-order valence-corrected chi connectivity index (χ3v) is 4.75. The van der Waals surface area contributed by atoms with Gasteiger partial charge in [-0.25, -0.2) is 0 Å². The monoisotopic (exact) mass is 376 g/mol. The first-order chi connectivity index (χ1) is 11.7. The van der Waals surface area contributed by atoms with Gasteiger partial charge in [0.2, 0.25) is 0 Å². The summed E-state index contributed by atoms with van der Waals surface area (Å²) in [4.78, 5) is 7.90. The van der Waals surface area contributed by atoms with Crippen molar-refractivity contribution in [2.75, 3.05) is 0 Å². The molecule has 25 heavy (non-hydrogen) atoms. The third kappa shape index (κ3) is 4.95. The fraction of sp³-hybridized carbons (Fsp3) is 0.381. The molecule has 2 aromatic rings. The van der Waals surface area contributed by atoms with Crippen LogP contribution in [-0.2, 0) is 25.7 Å². The van der Waals surface area contributed by atoms with Crippen molar-refractivity contribution in [1.82, 2.24) is 0 Å². The minimum Gasteiger partial charge on any atom is -1.00 e. The number of nitrogens with zero attached hydrogens (tertiary/aromatic N) is 1. The van der Waals surface area contributed by atoms with Crippen LogP contribution < -0.4 is 17.4 Å². The van der Waals surface area contributed by atoms with Gasteiger partial charge in [-0.05, 0) is 42.9 Å². The lowest BCUT2D eigenvalue weighted by atomic mass is 10.0. The van der Waals surface area contributed by atoms with Crippen molar-refractivity contribution in [2.24, 2.45) is 4.99 Å². The molecule has 0 saturated carbocycles. The van der Waals surface area contributed by atoms with Gasteiger partial charge in [0, 0.05) is 21.1 Å². The van der Waals surface area contributed by atoms with Crippen LogP contribution in [0.5, 0.6) is 0 Å². The summed E-state index contributed by atoms with van der Waals surface area (Å²) in [5, 5.41) is 0.776. The van der Waals surface area contributed by atoms with Crippen LogP contribution in [0.2, 0.25) is 5.02 Å². The van der Waals surface area contributed by atoms with Crippen LogP contribution in [0.1, 0.15) is 49.9 Å². The van der Waals surface area contributed by atoms with Crippen molar-refractivity contribution >= 4 is 29.0 Å². The summed E-state index contributed by atoms with van der Waals surface area (Å²) in [6.45, 7) is 8.57. The van der Waals surface area contributed by atoms with Crippen LogP contribution >= 0.6 is 11.6 Å². The Bertz CT molecular complexity index is 753. The predicted molar refractivity (Wildman–Crippen MR) is 103 cm³/mol. The van der Waals surface area contributed by atoms with Crippen LogP contribution in [0.15, 0.2) is 35.3 Å². The maximum Gasteiger partial charge on any atom is 0.316 e. The zero-order valence-electron chi connectivity index (χ0n) is 15.4. The first kappa shape index (κ1) is 21.4. The molecule has 0 bridgehead atoms. The van der Waals surface area contributed by atoms with E-state index in [1.165, 1.54) is 16.7 Å². The Hall–Kier alpha value is -1.60. The molecule has 1 N–H and O–H groups in total. The Morgan fingerprint density at radius 1 is 0.880 bits per heavy atom. The molecule has 0 aliphatic heterocycles. The molecule has 0 fully saturated rings. The first-order valence-corrected chi connectivity index (χ1v) is 9.16. The highest BCUT2D eigenvalue weighted by atomic mass is 35.5. The van der Waals surface area contributed by atoms with Gasteiger partial charge in [0.1, 0.15) is 5.69 Å². The van der Waals surface area contributed by atoms with Crippen molar-refractivity contribution in [2.45, 2.75) is 53.4 Å². The van der Waals surface area contributed by atoms with Gasteiger partial charge in [-0.15, -0.1) is 0 Å². The topological polar surface area (TPSA) is 26.3 Å². The summed E-state index contributed by atoms with van der Waals surface area (Å²) in [6.07, 6.45) is 3.75. The lowest BCUT2D eigenvalue weighted by Crippen LogP contribution is -3.00. The average Bonchev–Trinajstić information content (AvgIpc) is 2.62. The predicted octanol–water partition coefficient (Wildman–Crippen LogP) is 1.81. The number of benzene rings is 2. The molecule has 2 nitrogen and oxygen atoms in total. The number of hydrogen-bond donors (Lipinski definition) is 1. The molecule has 0 saturated heterocycles. The van der Waals surface area contributed by atoms with E-state index in [4.69, 9.17) is 11.6 Å². The lowest BCUT2D eigenvalue weighted by Gasteiger charge is -2.05. The maximum atomic E-state index is 6.34. The highest BCUT2D eigenvalue weighted by Crippen LogP contribution is 2.31. The molecule has 2 rings (SSSR count). The van der Waals surface area contributed by atoms with Crippen LogP contribution in [-0.4, -0.2) is 6.01 Å². The molecule has 4 heteroatoms. The van der Waals surface area contributed by atoms with Crippen LogP contribution in [0.3, 0.4) is 0 Å². The minimum atomic E-state index is 0. The molecule has 0 aliphatic rings. The van der Waals surface area contributed by atoms with E-state index in [0.717, 1.165) is 47.6 Å². The fourth-order valence-corrected chi connectivity index (χ4v) is 3.25. The Balaban J connectivity index is 0.00000312. The van der Waals surface area contributed by atoms with E-state index in [9.17, 15) is 0 Å². The van der Waals surface area contributed by atoms with Crippen molar-refractivity contribution in [3.63, 3.8) is 0 Å². The molecule has 0 unspecified atom stereocenters. The number of aryl methyl sites for hydroxylation is 3. The molecule has 0 aliphatic carbocycles. The van der Waals surface area contributed by atoms with E-state index in [0.29, 0.717) is 0 Å². The van der Waals surface area contributed by atoms with Crippen LogP contribution in [0.25, 0.3) is 0 Å². The fourth-order valence-electron chi connectivity index (χ4n) is 2.96. The van der Waals surface area contributed by atoms with Gasteiger partial charge in [-0.2, -0.15) is 4.99 Å². The summed E-state index contributed by atoms with van der Waals surface area (Å²) >= 11 is 6.34. The van der Waals surface area contributed by atoms with Crippen LogP contribution in [0, 0.1) is 0 Å². The number of halogens is 2. The Labute approximate surface area is 162 Å². The number of hydrogen-bond acceptors (Lipinski definition) is 1. The van der Waals surface area contributed by atoms with Gasteiger partial charge >= 0.3 is 6.01 Å². The second-order valence-electron chi connectivity index (χ2n) is 5.75. The second kappa shape index (κ2) is 10.4. The molecule has 0 atom stereocenters. The first-order valence-electron chi connectivity index (χ1n) is 8.78. The molecular weight excluding hydrogens is 351 g/mol. The van der Waals surface area contributed by atoms with E-state index in [2.05, 4.69) is 68.0 Å². The Morgan fingerprint density at radius 2 is 1.48 bits per heavy atom. The zero-order valence-corrected chi connectivity index (χ0v) is 16.9.